The quantitative estimate of drug-likeness (QED) is 0.790. The largest absolute Gasteiger partial charge is 0.379 e. The molecular weight excluding hydrogens is 397 g/mol. The van der Waals surface area contributed by atoms with Gasteiger partial charge in [0.25, 0.3) is 10.0 Å². The van der Waals surface area contributed by atoms with Crippen LogP contribution in [0.25, 0.3) is 0 Å². The highest BCUT2D eigenvalue weighted by Gasteiger charge is 2.26. The molecule has 0 bridgehead atoms. The van der Waals surface area contributed by atoms with Crippen molar-refractivity contribution in [2.24, 2.45) is 0 Å². The molecule has 1 aliphatic heterocycles. The molecule has 0 radical (unpaired) electrons. The number of nitrogens with one attached hydrogen (secondary N) is 1. The minimum atomic E-state index is -4.05. The van der Waals surface area contributed by atoms with Crippen LogP contribution in [0.5, 0.6) is 0 Å². The average Bonchev–Trinajstić information content (AvgIpc) is 2.65. The van der Waals surface area contributed by atoms with Crippen LogP contribution in [0.15, 0.2) is 46.3 Å². The maximum Gasteiger partial charge on any atom is 0.263 e. The van der Waals surface area contributed by atoms with E-state index in [1.807, 2.05) is 0 Å². The van der Waals surface area contributed by atoms with Crippen molar-refractivity contribution >= 4 is 25.9 Å². The minimum Gasteiger partial charge on any atom is -0.379 e. The molecule has 0 saturated carbocycles. The molecule has 1 saturated heterocycles. The van der Waals surface area contributed by atoms with Crippen LogP contribution in [0, 0.1) is 12.7 Å². The fraction of sp³-hybridized carbons (Fsp3) is 0.312. The monoisotopic (exact) mass is 415 g/mol. The summed E-state index contributed by atoms with van der Waals surface area (Å²) in [5.41, 5.74) is 0.324. The van der Waals surface area contributed by atoms with E-state index in [4.69, 9.17) is 4.74 Å². The summed E-state index contributed by atoms with van der Waals surface area (Å²) in [6, 6.07) is 6.06. The molecule has 1 N–H and O–H groups in total. The Balaban J connectivity index is 1.80. The molecule has 0 spiro atoms. The Morgan fingerprint density at radius 1 is 1.07 bits per heavy atom. The molecule has 1 aromatic heterocycles. The smallest absolute Gasteiger partial charge is 0.263 e. The number of hydrogen-bond donors (Lipinski definition) is 1. The number of rotatable bonds is 5. The average molecular weight is 415 g/mol. The Morgan fingerprint density at radius 3 is 2.33 bits per heavy atom. The van der Waals surface area contributed by atoms with E-state index >= 15 is 0 Å². The fourth-order valence-electron chi connectivity index (χ4n) is 2.47. The van der Waals surface area contributed by atoms with Crippen molar-refractivity contribution < 1.29 is 26.0 Å². The number of sulfonamides is 2. The third-order valence-electron chi connectivity index (χ3n) is 4.04. The van der Waals surface area contributed by atoms with Crippen LogP contribution in [0.3, 0.4) is 0 Å². The summed E-state index contributed by atoms with van der Waals surface area (Å²) in [6.45, 7) is 2.65. The van der Waals surface area contributed by atoms with Gasteiger partial charge in [-0.25, -0.2) is 26.2 Å². The van der Waals surface area contributed by atoms with Gasteiger partial charge in [-0.1, -0.05) is 6.07 Å². The van der Waals surface area contributed by atoms with Crippen molar-refractivity contribution in [1.82, 2.24) is 9.29 Å². The number of halogens is 1. The Morgan fingerprint density at radius 2 is 1.74 bits per heavy atom. The van der Waals surface area contributed by atoms with Gasteiger partial charge in [-0.2, -0.15) is 4.31 Å². The number of benzene rings is 1. The molecule has 2 aromatic rings. The van der Waals surface area contributed by atoms with Crippen LogP contribution in [0.4, 0.5) is 10.2 Å². The molecule has 0 atom stereocenters. The van der Waals surface area contributed by atoms with Crippen molar-refractivity contribution in [3.63, 3.8) is 0 Å². The Kier molecular flexibility index (Phi) is 5.47. The van der Waals surface area contributed by atoms with Crippen LogP contribution in [0.2, 0.25) is 0 Å². The van der Waals surface area contributed by atoms with E-state index in [2.05, 4.69) is 9.71 Å². The zero-order chi connectivity index (χ0) is 19.7. The van der Waals surface area contributed by atoms with Crippen LogP contribution >= 0.6 is 0 Å². The van der Waals surface area contributed by atoms with Gasteiger partial charge >= 0.3 is 0 Å². The summed E-state index contributed by atoms with van der Waals surface area (Å²) in [7, 11) is -7.77. The van der Waals surface area contributed by atoms with E-state index in [9.17, 15) is 21.2 Å². The fourth-order valence-corrected chi connectivity index (χ4v) is 4.84. The Hall–Kier alpha value is -2.08. The summed E-state index contributed by atoms with van der Waals surface area (Å²) < 4.78 is 72.0. The summed E-state index contributed by atoms with van der Waals surface area (Å²) in [6.07, 6.45) is 1.08. The van der Waals surface area contributed by atoms with Gasteiger partial charge in [-0.15, -0.1) is 0 Å². The van der Waals surface area contributed by atoms with Gasteiger partial charge in [0.1, 0.15) is 16.5 Å². The van der Waals surface area contributed by atoms with Crippen LogP contribution in [0.1, 0.15) is 5.56 Å². The molecule has 11 heteroatoms. The lowest BCUT2D eigenvalue weighted by Crippen LogP contribution is -2.40. The first kappa shape index (κ1) is 19.7. The predicted octanol–water partition coefficient (Wildman–Crippen LogP) is 1.35. The second kappa shape index (κ2) is 7.50. The van der Waals surface area contributed by atoms with Crippen molar-refractivity contribution in [2.45, 2.75) is 16.7 Å². The molecule has 0 unspecified atom stereocenters. The third-order valence-corrected chi connectivity index (χ3v) is 7.27. The molecular formula is C16H18FN3O5S2. The lowest BCUT2D eigenvalue weighted by Gasteiger charge is -2.25. The van der Waals surface area contributed by atoms with Gasteiger partial charge in [-0.05, 0) is 36.8 Å². The number of hydrogen-bond acceptors (Lipinski definition) is 6. The van der Waals surface area contributed by atoms with Crippen molar-refractivity contribution in [2.75, 3.05) is 31.0 Å². The topological polar surface area (TPSA) is 106 Å². The number of anilines is 1. The molecule has 27 heavy (non-hydrogen) atoms. The molecule has 146 valence electrons. The molecule has 1 aromatic carbocycles. The van der Waals surface area contributed by atoms with Gasteiger partial charge in [0, 0.05) is 19.3 Å². The second-order valence-corrected chi connectivity index (χ2v) is 9.53. The molecule has 0 aliphatic carbocycles. The summed E-state index contributed by atoms with van der Waals surface area (Å²) in [5, 5.41) is 0. The SMILES string of the molecule is Cc1ccc(S(=O)(=O)Nc2ccc(S(=O)(=O)N3CCOCC3)cn2)cc1F. The van der Waals surface area contributed by atoms with E-state index < -0.39 is 25.9 Å². The van der Waals surface area contributed by atoms with E-state index in [0.29, 0.717) is 18.8 Å². The number of aromatic nitrogens is 1. The Labute approximate surface area is 157 Å². The van der Waals surface area contributed by atoms with Crippen LogP contribution in [-0.2, 0) is 24.8 Å². The zero-order valence-corrected chi connectivity index (χ0v) is 16.1. The second-order valence-electron chi connectivity index (χ2n) is 5.91. The normalized spacial score (nSPS) is 16.2. The summed E-state index contributed by atoms with van der Waals surface area (Å²) in [4.78, 5) is 3.57. The first-order valence-electron chi connectivity index (χ1n) is 8.03. The standard InChI is InChI=1S/C16H18FN3O5S2/c1-12-2-3-13(10-15(12)17)26(21,22)19-16-5-4-14(11-18-16)27(23,24)20-6-8-25-9-7-20/h2-5,10-11H,6-9H2,1H3,(H,18,19). The number of morpholine rings is 1. The van der Waals surface area contributed by atoms with E-state index in [-0.39, 0.29) is 28.7 Å². The van der Waals surface area contributed by atoms with Crippen molar-refractivity contribution in [3.8, 4) is 0 Å². The predicted molar refractivity (Wildman–Crippen MR) is 95.8 cm³/mol. The summed E-state index contributed by atoms with van der Waals surface area (Å²) in [5.74, 6) is -0.713. The molecule has 1 aliphatic rings. The van der Waals surface area contributed by atoms with E-state index in [1.54, 1.807) is 0 Å². The minimum absolute atomic E-state index is 0.0475. The zero-order valence-electron chi connectivity index (χ0n) is 14.4. The maximum atomic E-state index is 13.6. The third kappa shape index (κ3) is 4.26. The molecule has 1 fully saturated rings. The van der Waals surface area contributed by atoms with Gasteiger partial charge in [0.05, 0.1) is 18.1 Å². The first-order valence-corrected chi connectivity index (χ1v) is 11.0. The highest BCUT2D eigenvalue weighted by molar-refractivity contribution is 7.92. The highest BCUT2D eigenvalue weighted by Crippen LogP contribution is 2.20. The lowest BCUT2D eigenvalue weighted by atomic mass is 10.2. The number of ether oxygens (including phenoxy) is 1. The highest BCUT2D eigenvalue weighted by atomic mass is 32.2. The van der Waals surface area contributed by atoms with Crippen molar-refractivity contribution in [1.29, 1.82) is 0 Å². The molecule has 3 rings (SSSR count). The summed E-state index contributed by atoms with van der Waals surface area (Å²) >= 11 is 0. The molecule has 2 heterocycles. The van der Waals surface area contributed by atoms with Crippen molar-refractivity contribution in [3.05, 3.63) is 47.9 Å². The van der Waals surface area contributed by atoms with Gasteiger partial charge in [0.15, 0.2) is 0 Å². The van der Waals surface area contributed by atoms with Crippen LogP contribution < -0.4 is 4.72 Å². The van der Waals surface area contributed by atoms with Gasteiger partial charge in [0.2, 0.25) is 10.0 Å². The van der Waals surface area contributed by atoms with Gasteiger partial charge < -0.3 is 4.74 Å². The molecule has 8 nitrogen and oxygen atoms in total. The number of pyridine rings is 1. The van der Waals surface area contributed by atoms with Gasteiger partial charge in [-0.3, -0.25) is 4.72 Å². The maximum absolute atomic E-state index is 13.6. The van der Waals surface area contributed by atoms with Crippen LogP contribution in [-0.4, -0.2) is 52.4 Å². The first-order chi connectivity index (χ1) is 12.7. The number of aryl methyl sites for hydroxylation is 1. The Bertz CT molecular complexity index is 1030. The van der Waals surface area contributed by atoms with E-state index in [1.165, 1.54) is 35.5 Å². The lowest BCUT2D eigenvalue weighted by molar-refractivity contribution is 0.0730. The molecule has 0 amide bonds. The van der Waals surface area contributed by atoms with E-state index in [0.717, 1.165) is 12.3 Å². The number of nitrogens with zero attached hydrogens (tertiary/aromatic N) is 2.